The van der Waals surface area contributed by atoms with Crippen LogP contribution in [0.5, 0.6) is 5.75 Å². The molecule has 1 saturated heterocycles. The predicted octanol–water partition coefficient (Wildman–Crippen LogP) is 1.65. The summed E-state index contributed by atoms with van der Waals surface area (Å²) in [5.41, 5.74) is 2.07. The van der Waals surface area contributed by atoms with E-state index < -0.39 is 30.0 Å². The Balaban J connectivity index is 1.31. The lowest BCUT2D eigenvalue weighted by atomic mass is 10.1. The van der Waals surface area contributed by atoms with Crippen molar-refractivity contribution in [2.75, 3.05) is 25.2 Å². The van der Waals surface area contributed by atoms with E-state index in [2.05, 4.69) is 20.0 Å². The van der Waals surface area contributed by atoms with Crippen LogP contribution in [0.3, 0.4) is 0 Å². The van der Waals surface area contributed by atoms with Crippen LogP contribution in [0.4, 0.5) is 10.5 Å². The largest absolute Gasteiger partial charge is 0.490 e. The van der Waals surface area contributed by atoms with Crippen molar-refractivity contribution >= 4 is 23.7 Å². The minimum atomic E-state index is -0.782. The molecule has 1 aromatic heterocycles. The van der Waals surface area contributed by atoms with Crippen molar-refractivity contribution in [1.82, 2.24) is 15.5 Å². The van der Waals surface area contributed by atoms with Crippen LogP contribution in [-0.4, -0.2) is 60.5 Å². The fourth-order valence-corrected chi connectivity index (χ4v) is 3.70. The van der Waals surface area contributed by atoms with Crippen molar-refractivity contribution in [1.29, 1.82) is 0 Å². The SMILES string of the molecule is COC(=O)C(Cc1ccc(OCC2CN(c3ccc(-c4noc(=O)[nH]4)cc3)C(=O)O2)cc1)NC(C)=O. The van der Waals surface area contributed by atoms with Gasteiger partial charge in [-0.25, -0.2) is 14.4 Å². The van der Waals surface area contributed by atoms with E-state index in [0.29, 0.717) is 29.4 Å². The number of benzene rings is 2. The first-order valence-corrected chi connectivity index (χ1v) is 11.0. The number of nitrogens with zero attached hydrogens (tertiary/aromatic N) is 2. The number of methoxy groups -OCH3 is 1. The number of nitrogens with one attached hydrogen (secondary N) is 2. The molecule has 12 heteroatoms. The molecule has 12 nitrogen and oxygen atoms in total. The van der Waals surface area contributed by atoms with Gasteiger partial charge in [-0.15, -0.1) is 0 Å². The number of aromatic amines is 1. The summed E-state index contributed by atoms with van der Waals surface area (Å²) in [5, 5.41) is 6.20. The molecule has 0 radical (unpaired) electrons. The van der Waals surface area contributed by atoms with Gasteiger partial charge in [0.1, 0.15) is 18.4 Å². The Morgan fingerprint density at radius 3 is 2.50 bits per heavy atom. The van der Waals surface area contributed by atoms with Gasteiger partial charge in [0, 0.05) is 24.6 Å². The van der Waals surface area contributed by atoms with Gasteiger partial charge in [-0.05, 0) is 42.0 Å². The van der Waals surface area contributed by atoms with Gasteiger partial charge in [-0.3, -0.25) is 19.2 Å². The first-order chi connectivity index (χ1) is 17.3. The molecule has 2 aromatic carbocycles. The number of amides is 2. The summed E-state index contributed by atoms with van der Waals surface area (Å²) >= 11 is 0. The van der Waals surface area contributed by atoms with Crippen LogP contribution in [0.25, 0.3) is 11.4 Å². The molecular weight excluding hydrogens is 472 g/mol. The van der Waals surface area contributed by atoms with E-state index in [1.165, 1.54) is 18.9 Å². The molecule has 0 aliphatic carbocycles. The van der Waals surface area contributed by atoms with Gasteiger partial charge in [0.15, 0.2) is 11.9 Å². The molecule has 2 unspecified atom stereocenters. The van der Waals surface area contributed by atoms with E-state index in [4.69, 9.17) is 14.2 Å². The first kappa shape index (κ1) is 24.5. The van der Waals surface area contributed by atoms with E-state index in [-0.39, 0.29) is 18.9 Å². The molecule has 0 spiro atoms. The minimum absolute atomic E-state index is 0.149. The van der Waals surface area contributed by atoms with Gasteiger partial charge in [-0.2, -0.15) is 0 Å². The highest BCUT2D eigenvalue weighted by Gasteiger charge is 2.33. The van der Waals surface area contributed by atoms with Crippen molar-refractivity contribution in [2.24, 2.45) is 0 Å². The normalized spacial score (nSPS) is 15.8. The summed E-state index contributed by atoms with van der Waals surface area (Å²) in [6, 6.07) is 13.1. The summed E-state index contributed by atoms with van der Waals surface area (Å²) < 4.78 is 20.4. The van der Waals surface area contributed by atoms with Crippen molar-refractivity contribution in [3.8, 4) is 17.1 Å². The zero-order valence-corrected chi connectivity index (χ0v) is 19.6. The summed E-state index contributed by atoms with van der Waals surface area (Å²) in [6.07, 6.45) is -0.701. The molecule has 2 atom stereocenters. The van der Waals surface area contributed by atoms with Crippen LogP contribution < -0.4 is 20.7 Å². The minimum Gasteiger partial charge on any atom is -0.490 e. The average Bonchev–Trinajstić information content (AvgIpc) is 3.47. The number of hydrogen-bond donors (Lipinski definition) is 2. The van der Waals surface area contributed by atoms with E-state index in [1.807, 2.05) is 0 Å². The van der Waals surface area contributed by atoms with E-state index >= 15 is 0 Å². The van der Waals surface area contributed by atoms with Crippen molar-refractivity contribution in [3.63, 3.8) is 0 Å². The highest BCUT2D eigenvalue weighted by molar-refractivity contribution is 5.90. The second-order valence-electron chi connectivity index (χ2n) is 8.04. The van der Waals surface area contributed by atoms with Gasteiger partial charge in [0.25, 0.3) is 0 Å². The Bertz CT molecular complexity index is 1280. The van der Waals surface area contributed by atoms with E-state index in [1.54, 1.807) is 48.5 Å². The number of H-pyrrole nitrogens is 1. The van der Waals surface area contributed by atoms with E-state index in [0.717, 1.165) is 5.56 Å². The lowest BCUT2D eigenvalue weighted by molar-refractivity contribution is -0.144. The van der Waals surface area contributed by atoms with Crippen LogP contribution >= 0.6 is 0 Å². The lowest BCUT2D eigenvalue weighted by Crippen LogP contribution is -2.41. The summed E-state index contributed by atoms with van der Waals surface area (Å²) in [7, 11) is 1.27. The van der Waals surface area contributed by atoms with Crippen LogP contribution in [0.1, 0.15) is 12.5 Å². The average molecular weight is 496 g/mol. The van der Waals surface area contributed by atoms with Crippen LogP contribution in [0.2, 0.25) is 0 Å². The fraction of sp³-hybridized carbons (Fsp3) is 0.292. The molecule has 1 aliphatic heterocycles. The number of carbonyl (C=O) groups excluding carboxylic acids is 3. The number of carbonyl (C=O) groups is 3. The topological polar surface area (TPSA) is 153 Å². The van der Waals surface area contributed by atoms with Crippen LogP contribution in [0, 0.1) is 0 Å². The summed E-state index contributed by atoms with van der Waals surface area (Å²) in [5.74, 6) is -0.643. The Kier molecular flexibility index (Phi) is 7.33. The third kappa shape index (κ3) is 5.90. The van der Waals surface area contributed by atoms with Crippen molar-refractivity contribution in [3.05, 3.63) is 64.6 Å². The highest BCUT2D eigenvalue weighted by atomic mass is 16.6. The Hall–Kier alpha value is -4.61. The maximum atomic E-state index is 12.4. The zero-order chi connectivity index (χ0) is 25.7. The van der Waals surface area contributed by atoms with Crippen LogP contribution in [-0.2, 0) is 25.5 Å². The molecule has 188 valence electrons. The summed E-state index contributed by atoms with van der Waals surface area (Å²) in [6.45, 7) is 1.78. The number of rotatable bonds is 9. The Morgan fingerprint density at radius 2 is 1.89 bits per heavy atom. The molecule has 2 N–H and O–H groups in total. The third-order valence-corrected chi connectivity index (χ3v) is 5.43. The molecule has 2 amide bonds. The van der Waals surface area contributed by atoms with Crippen molar-refractivity contribution in [2.45, 2.75) is 25.5 Å². The maximum Gasteiger partial charge on any atom is 0.439 e. The van der Waals surface area contributed by atoms with Crippen molar-refractivity contribution < 1.29 is 33.1 Å². The number of hydrogen-bond acceptors (Lipinski definition) is 9. The molecule has 36 heavy (non-hydrogen) atoms. The first-order valence-electron chi connectivity index (χ1n) is 11.0. The van der Waals surface area contributed by atoms with E-state index in [9.17, 15) is 19.2 Å². The highest BCUT2D eigenvalue weighted by Crippen LogP contribution is 2.25. The molecule has 1 aliphatic rings. The number of ether oxygens (including phenoxy) is 3. The second-order valence-corrected chi connectivity index (χ2v) is 8.04. The predicted molar refractivity (Wildman–Crippen MR) is 125 cm³/mol. The monoisotopic (exact) mass is 496 g/mol. The maximum absolute atomic E-state index is 12.4. The second kappa shape index (κ2) is 10.8. The Labute approximate surface area is 205 Å². The van der Waals surface area contributed by atoms with Gasteiger partial charge >= 0.3 is 17.8 Å². The zero-order valence-electron chi connectivity index (χ0n) is 19.6. The van der Waals surface area contributed by atoms with Gasteiger partial charge in [0.05, 0.1) is 13.7 Å². The molecule has 3 aromatic rings. The fourth-order valence-electron chi connectivity index (χ4n) is 3.70. The smallest absolute Gasteiger partial charge is 0.439 e. The van der Waals surface area contributed by atoms with Crippen LogP contribution in [0.15, 0.2) is 57.8 Å². The third-order valence-electron chi connectivity index (χ3n) is 5.43. The molecular formula is C24H24N4O8. The molecule has 4 rings (SSSR count). The summed E-state index contributed by atoms with van der Waals surface area (Å²) in [4.78, 5) is 50.7. The molecule has 0 saturated carbocycles. The number of cyclic esters (lactones) is 1. The van der Waals surface area contributed by atoms with Gasteiger partial charge in [0.2, 0.25) is 5.91 Å². The Morgan fingerprint density at radius 1 is 1.17 bits per heavy atom. The molecule has 2 heterocycles. The number of esters is 1. The van der Waals surface area contributed by atoms with Gasteiger partial charge < -0.3 is 19.5 Å². The number of aromatic nitrogens is 2. The number of anilines is 1. The standard InChI is InChI=1S/C24H24N4O8/c1-14(29)25-20(22(30)33-2)11-15-3-9-18(10-4-15)34-13-19-12-28(24(32)35-19)17-7-5-16(6-8-17)21-26-23(31)36-27-21/h3-10,19-20H,11-13H2,1-2H3,(H,25,29)(H,26,27,31). The molecule has 0 bridgehead atoms. The molecule has 1 fully saturated rings. The lowest BCUT2D eigenvalue weighted by Gasteiger charge is -2.16. The van der Waals surface area contributed by atoms with Gasteiger partial charge in [-0.1, -0.05) is 17.3 Å². The quantitative estimate of drug-likeness (QED) is 0.421.